The zero-order chi connectivity index (χ0) is 10.7. The second kappa shape index (κ2) is 3.86. The van der Waals surface area contributed by atoms with Crippen molar-refractivity contribution in [1.82, 2.24) is 4.98 Å². The third kappa shape index (κ3) is 1.68. The maximum absolute atomic E-state index is 10.2. The molecule has 0 unspecified atom stereocenters. The SMILES string of the molecule is C=Cc1ccc2c(N=C=O)cccc2n1. The number of carbonyl (C=O) groups excluding carboxylic acids is 1. The number of aromatic nitrogens is 1. The quantitative estimate of drug-likeness (QED) is 0.547. The Bertz CT molecular complexity index is 569. The maximum atomic E-state index is 10.2. The number of isocyanates is 1. The highest BCUT2D eigenvalue weighted by Crippen LogP contribution is 2.24. The number of fused-ring (bicyclic) bond motifs is 1. The summed E-state index contributed by atoms with van der Waals surface area (Å²) in [6.07, 6.45) is 3.21. The maximum Gasteiger partial charge on any atom is 0.240 e. The van der Waals surface area contributed by atoms with E-state index in [1.165, 1.54) is 6.08 Å². The van der Waals surface area contributed by atoms with Gasteiger partial charge in [0.05, 0.1) is 16.9 Å². The Morgan fingerprint density at radius 1 is 1.33 bits per heavy atom. The molecule has 1 aromatic heterocycles. The highest BCUT2D eigenvalue weighted by Gasteiger charge is 2.00. The lowest BCUT2D eigenvalue weighted by Gasteiger charge is -2.00. The number of hydrogen-bond donors (Lipinski definition) is 0. The first kappa shape index (κ1) is 9.31. The van der Waals surface area contributed by atoms with Crippen LogP contribution in [0.5, 0.6) is 0 Å². The van der Waals surface area contributed by atoms with Crippen LogP contribution in [0.4, 0.5) is 5.69 Å². The van der Waals surface area contributed by atoms with Crippen LogP contribution in [0.25, 0.3) is 17.0 Å². The molecule has 0 atom stereocenters. The Hall–Kier alpha value is -2.25. The van der Waals surface area contributed by atoms with E-state index >= 15 is 0 Å². The summed E-state index contributed by atoms with van der Waals surface area (Å²) >= 11 is 0. The lowest BCUT2D eigenvalue weighted by Crippen LogP contribution is -1.82. The van der Waals surface area contributed by atoms with Crippen molar-refractivity contribution in [3.63, 3.8) is 0 Å². The molecule has 0 aliphatic heterocycles. The molecular weight excluding hydrogens is 188 g/mol. The van der Waals surface area contributed by atoms with Gasteiger partial charge < -0.3 is 0 Å². The van der Waals surface area contributed by atoms with Gasteiger partial charge in [-0.1, -0.05) is 12.6 Å². The third-order valence-electron chi connectivity index (χ3n) is 2.11. The van der Waals surface area contributed by atoms with Crippen LogP contribution in [0.1, 0.15) is 5.69 Å². The molecule has 0 saturated heterocycles. The first-order valence-corrected chi connectivity index (χ1v) is 4.45. The Kier molecular flexibility index (Phi) is 2.40. The predicted molar refractivity (Wildman–Crippen MR) is 59.6 cm³/mol. The van der Waals surface area contributed by atoms with Gasteiger partial charge in [0.1, 0.15) is 0 Å². The molecule has 2 aromatic rings. The molecule has 0 radical (unpaired) electrons. The van der Waals surface area contributed by atoms with Gasteiger partial charge in [-0.3, -0.25) is 0 Å². The van der Waals surface area contributed by atoms with Crippen molar-refractivity contribution in [3.8, 4) is 0 Å². The van der Waals surface area contributed by atoms with Crippen LogP contribution in [-0.4, -0.2) is 11.1 Å². The number of nitrogens with zero attached hydrogens (tertiary/aromatic N) is 2. The molecular formula is C12H8N2O. The van der Waals surface area contributed by atoms with E-state index in [-0.39, 0.29) is 0 Å². The number of rotatable bonds is 2. The van der Waals surface area contributed by atoms with Crippen molar-refractivity contribution in [1.29, 1.82) is 0 Å². The standard InChI is InChI=1S/C12H8N2O/c1-2-9-6-7-10-11(13-8-15)4-3-5-12(10)14-9/h2-7H,1H2. The van der Waals surface area contributed by atoms with Crippen LogP contribution in [0.3, 0.4) is 0 Å². The van der Waals surface area contributed by atoms with Gasteiger partial charge in [0, 0.05) is 5.39 Å². The zero-order valence-corrected chi connectivity index (χ0v) is 7.97. The smallest absolute Gasteiger partial charge is 0.240 e. The highest BCUT2D eigenvalue weighted by molar-refractivity contribution is 5.91. The first-order valence-electron chi connectivity index (χ1n) is 4.45. The molecule has 1 heterocycles. The summed E-state index contributed by atoms with van der Waals surface area (Å²) in [4.78, 5) is 18.2. The summed E-state index contributed by atoms with van der Waals surface area (Å²) in [6, 6.07) is 9.13. The number of hydrogen-bond acceptors (Lipinski definition) is 3. The van der Waals surface area contributed by atoms with E-state index in [1.807, 2.05) is 18.2 Å². The van der Waals surface area contributed by atoms with E-state index in [0.29, 0.717) is 5.69 Å². The summed E-state index contributed by atoms with van der Waals surface area (Å²) in [7, 11) is 0. The zero-order valence-electron chi connectivity index (χ0n) is 7.97. The fourth-order valence-electron chi connectivity index (χ4n) is 1.41. The van der Waals surface area contributed by atoms with Gasteiger partial charge in [-0.15, -0.1) is 0 Å². The minimum absolute atomic E-state index is 0.589. The number of pyridine rings is 1. The third-order valence-corrected chi connectivity index (χ3v) is 2.11. The summed E-state index contributed by atoms with van der Waals surface area (Å²) < 4.78 is 0. The van der Waals surface area contributed by atoms with Crippen molar-refractivity contribution >= 4 is 28.7 Å². The summed E-state index contributed by atoms with van der Waals surface area (Å²) in [5.74, 6) is 0. The fourth-order valence-corrected chi connectivity index (χ4v) is 1.41. The van der Waals surface area contributed by atoms with Crippen LogP contribution in [0.2, 0.25) is 0 Å². The molecule has 3 nitrogen and oxygen atoms in total. The van der Waals surface area contributed by atoms with Crippen LogP contribution < -0.4 is 0 Å². The average molecular weight is 196 g/mol. The van der Waals surface area contributed by atoms with Gasteiger partial charge in [0.2, 0.25) is 6.08 Å². The van der Waals surface area contributed by atoms with Crippen LogP contribution in [-0.2, 0) is 4.79 Å². The molecule has 0 spiro atoms. The predicted octanol–water partition coefficient (Wildman–Crippen LogP) is 2.85. The Morgan fingerprint density at radius 2 is 2.20 bits per heavy atom. The molecule has 0 N–H and O–H groups in total. The molecule has 0 bridgehead atoms. The van der Waals surface area contributed by atoms with Crippen molar-refractivity contribution in [2.75, 3.05) is 0 Å². The van der Waals surface area contributed by atoms with Gasteiger partial charge >= 0.3 is 0 Å². The van der Waals surface area contributed by atoms with E-state index < -0.39 is 0 Å². The molecule has 15 heavy (non-hydrogen) atoms. The lowest BCUT2D eigenvalue weighted by molar-refractivity contribution is 0.565. The average Bonchev–Trinajstić information content (AvgIpc) is 2.29. The minimum Gasteiger partial charge on any atom is -0.248 e. The molecule has 1 aromatic carbocycles. The van der Waals surface area contributed by atoms with Gasteiger partial charge in [-0.05, 0) is 30.3 Å². The van der Waals surface area contributed by atoms with Crippen molar-refractivity contribution in [2.24, 2.45) is 4.99 Å². The molecule has 0 amide bonds. The Labute approximate surface area is 86.8 Å². The van der Waals surface area contributed by atoms with Gasteiger partial charge in [0.25, 0.3) is 0 Å². The van der Waals surface area contributed by atoms with E-state index in [0.717, 1.165) is 16.6 Å². The van der Waals surface area contributed by atoms with Crippen molar-refractivity contribution < 1.29 is 4.79 Å². The van der Waals surface area contributed by atoms with Gasteiger partial charge in [0.15, 0.2) is 0 Å². The van der Waals surface area contributed by atoms with Crippen LogP contribution in [0.15, 0.2) is 41.9 Å². The summed E-state index contributed by atoms with van der Waals surface area (Å²) in [5, 5.41) is 0.839. The van der Waals surface area contributed by atoms with Crippen LogP contribution in [0, 0.1) is 0 Å². The van der Waals surface area contributed by atoms with Gasteiger partial charge in [-0.2, -0.15) is 4.99 Å². The second-order valence-electron chi connectivity index (χ2n) is 2.99. The lowest BCUT2D eigenvalue weighted by atomic mass is 10.1. The van der Waals surface area contributed by atoms with E-state index in [1.54, 1.807) is 18.2 Å². The molecule has 0 fully saturated rings. The fraction of sp³-hybridized carbons (Fsp3) is 0. The first-order chi connectivity index (χ1) is 7.35. The van der Waals surface area contributed by atoms with E-state index in [4.69, 9.17) is 0 Å². The molecule has 0 saturated carbocycles. The topological polar surface area (TPSA) is 42.3 Å². The second-order valence-corrected chi connectivity index (χ2v) is 2.99. The summed E-state index contributed by atoms with van der Waals surface area (Å²) in [6.45, 7) is 3.65. The number of aliphatic imine (C=N–C) groups is 1. The molecule has 0 aliphatic carbocycles. The largest absolute Gasteiger partial charge is 0.248 e. The Morgan fingerprint density at radius 3 is 2.93 bits per heavy atom. The molecule has 2 rings (SSSR count). The summed E-state index contributed by atoms with van der Waals surface area (Å²) in [5.41, 5.74) is 2.18. The minimum atomic E-state index is 0.589. The number of benzene rings is 1. The van der Waals surface area contributed by atoms with Crippen LogP contribution >= 0.6 is 0 Å². The highest BCUT2D eigenvalue weighted by atomic mass is 16.1. The molecule has 0 aliphatic rings. The van der Waals surface area contributed by atoms with Crippen molar-refractivity contribution in [2.45, 2.75) is 0 Å². The van der Waals surface area contributed by atoms with E-state index in [9.17, 15) is 4.79 Å². The van der Waals surface area contributed by atoms with E-state index in [2.05, 4.69) is 16.6 Å². The monoisotopic (exact) mass is 196 g/mol. The van der Waals surface area contributed by atoms with Crippen molar-refractivity contribution in [3.05, 3.63) is 42.6 Å². The Balaban J connectivity index is 2.77. The normalized spacial score (nSPS) is 9.60. The molecule has 72 valence electrons. The van der Waals surface area contributed by atoms with Gasteiger partial charge in [-0.25, -0.2) is 9.78 Å². The molecule has 3 heteroatoms.